The Balaban J connectivity index is 2.47. The Hall–Kier alpha value is -0.980. The summed E-state index contributed by atoms with van der Waals surface area (Å²) in [6.07, 6.45) is 3.41. The van der Waals surface area contributed by atoms with Crippen LogP contribution in [0.1, 0.15) is 26.3 Å². The molecule has 1 rings (SSSR count). The van der Waals surface area contributed by atoms with Gasteiger partial charge in [-0.2, -0.15) is 0 Å². The van der Waals surface area contributed by atoms with Crippen LogP contribution < -0.4 is 0 Å². The molecule has 77 valence electrons. The zero-order valence-corrected chi connectivity index (χ0v) is 9.20. The number of benzene rings is 1. The summed E-state index contributed by atoms with van der Waals surface area (Å²) < 4.78 is 0. The minimum Gasteiger partial charge on any atom is -0.508 e. The van der Waals surface area contributed by atoms with Gasteiger partial charge in [-0.05, 0) is 42.4 Å². The molecule has 0 bridgehead atoms. The van der Waals surface area contributed by atoms with E-state index < -0.39 is 0 Å². The van der Waals surface area contributed by atoms with Gasteiger partial charge in [0.15, 0.2) is 0 Å². The van der Waals surface area contributed by atoms with Crippen LogP contribution in [0.3, 0.4) is 0 Å². The van der Waals surface area contributed by atoms with Gasteiger partial charge in [-0.3, -0.25) is 0 Å². The lowest BCUT2D eigenvalue weighted by Crippen LogP contribution is -2.04. The van der Waals surface area contributed by atoms with E-state index in [1.165, 1.54) is 5.56 Å². The van der Waals surface area contributed by atoms with Gasteiger partial charge >= 0.3 is 0 Å². The Labute approximate surface area is 86.8 Å². The first-order valence-electron chi connectivity index (χ1n) is 5.21. The summed E-state index contributed by atoms with van der Waals surface area (Å²) >= 11 is 0. The van der Waals surface area contributed by atoms with Gasteiger partial charge in [-0.15, -0.1) is 0 Å². The highest BCUT2D eigenvalue weighted by atomic mass is 16.3. The Morgan fingerprint density at radius 1 is 1.14 bits per heavy atom. The van der Waals surface area contributed by atoms with E-state index in [1.807, 2.05) is 12.1 Å². The third-order valence-corrected chi connectivity index (χ3v) is 2.21. The third kappa shape index (κ3) is 3.82. The van der Waals surface area contributed by atoms with E-state index in [0.717, 1.165) is 6.42 Å². The molecule has 1 N–H and O–H groups in total. The van der Waals surface area contributed by atoms with E-state index in [0.29, 0.717) is 17.6 Å². The van der Waals surface area contributed by atoms with Crippen molar-refractivity contribution in [1.82, 2.24) is 0 Å². The van der Waals surface area contributed by atoms with Gasteiger partial charge < -0.3 is 5.11 Å². The average molecular weight is 191 g/mol. The number of phenolic OH excluding ortho intramolecular Hbond substituents is 1. The van der Waals surface area contributed by atoms with Crippen LogP contribution in [0.25, 0.3) is 0 Å². The van der Waals surface area contributed by atoms with E-state index in [9.17, 15) is 0 Å². The summed E-state index contributed by atoms with van der Waals surface area (Å²) in [6, 6.07) is 7.47. The number of aromatic hydroxyl groups is 1. The monoisotopic (exact) mass is 191 g/mol. The van der Waals surface area contributed by atoms with Crippen LogP contribution in [0, 0.1) is 18.3 Å². The van der Waals surface area contributed by atoms with Gasteiger partial charge in [-0.25, -0.2) is 0 Å². The molecule has 0 aliphatic heterocycles. The molecule has 1 nitrogen and oxygen atoms in total. The van der Waals surface area contributed by atoms with Crippen LogP contribution in [0.5, 0.6) is 5.75 Å². The predicted molar refractivity (Wildman–Crippen MR) is 60.1 cm³/mol. The van der Waals surface area contributed by atoms with E-state index in [2.05, 4.69) is 27.2 Å². The lowest BCUT2D eigenvalue weighted by Gasteiger charge is -2.13. The Kier molecular flexibility index (Phi) is 3.99. The lowest BCUT2D eigenvalue weighted by molar-refractivity contribution is 0.474. The van der Waals surface area contributed by atoms with Crippen molar-refractivity contribution in [2.75, 3.05) is 0 Å². The SMILES string of the molecule is CC(C)[CH][C@H](C)Cc1ccc(O)cc1. The van der Waals surface area contributed by atoms with Crippen molar-refractivity contribution in [3.63, 3.8) is 0 Å². The highest BCUT2D eigenvalue weighted by Gasteiger charge is 2.06. The fraction of sp³-hybridized carbons (Fsp3) is 0.462. The fourth-order valence-corrected chi connectivity index (χ4v) is 1.73. The fourth-order valence-electron chi connectivity index (χ4n) is 1.73. The van der Waals surface area contributed by atoms with Crippen LogP contribution in [-0.2, 0) is 6.42 Å². The first-order valence-corrected chi connectivity index (χ1v) is 5.21. The molecule has 1 aromatic carbocycles. The van der Waals surface area contributed by atoms with Crippen molar-refractivity contribution in [2.45, 2.75) is 27.2 Å². The number of phenols is 1. The summed E-state index contributed by atoms with van der Waals surface area (Å²) in [4.78, 5) is 0. The molecule has 0 amide bonds. The largest absolute Gasteiger partial charge is 0.508 e. The van der Waals surface area contributed by atoms with Crippen molar-refractivity contribution < 1.29 is 5.11 Å². The summed E-state index contributed by atoms with van der Waals surface area (Å²) in [5.41, 5.74) is 1.28. The molecular formula is C13H19O. The summed E-state index contributed by atoms with van der Waals surface area (Å²) in [6.45, 7) is 6.63. The van der Waals surface area contributed by atoms with Gasteiger partial charge in [-0.1, -0.05) is 32.9 Å². The number of rotatable bonds is 4. The van der Waals surface area contributed by atoms with Crippen LogP contribution in [0.2, 0.25) is 0 Å². The van der Waals surface area contributed by atoms with E-state index in [1.54, 1.807) is 12.1 Å². The zero-order valence-electron chi connectivity index (χ0n) is 9.20. The summed E-state index contributed by atoms with van der Waals surface area (Å²) in [5.74, 6) is 1.58. The van der Waals surface area contributed by atoms with Gasteiger partial charge in [0.1, 0.15) is 5.75 Å². The quantitative estimate of drug-likeness (QED) is 0.773. The standard InChI is InChI=1S/C13H19O/c1-10(2)8-11(3)9-12-4-6-13(14)7-5-12/h4-8,10-11,14H,9H2,1-3H3/t11-/m0/s1. The van der Waals surface area contributed by atoms with Crippen molar-refractivity contribution in [3.05, 3.63) is 36.2 Å². The molecular weight excluding hydrogens is 172 g/mol. The van der Waals surface area contributed by atoms with Crippen molar-refractivity contribution in [3.8, 4) is 5.75 Å². The minimum absolute atomic E-state index is 0.342. The third-order valence-electron chi connectivity index (χ3n) is 2.21. The highest BCUT2D eigenvalue weighted by molar-refractivity contribution is 5.26. The molecule has 0 spiro atoms. The van der Waals surface area contributed by atoms with E-state index in [-0.39, 0.29) is 0 Å². The maximum absolute atomic E-state index is 9.13. The Morgan fingerprint density at radius 3 is 2.21 bits per heavy atom. The maximum Gasteiger partial charge on any atom is 0.115 e. The van der Waals surface area contributed by atoms with Gasteiger partial charge in [0.25, 0.3) is 0 Å². The second kappa shape index (κ2) is 5.04. The number of hydrogen-bond donors (Lipinski definition) is 1. The Bertz CT molecular complexity index is 261. The molecule has 14 heavy (non-hydrogen) atoms. The van der Waals surface area contributed by atoms with Crippen molar-refractivity contribution >= 4 is 0 Å². The van der Waals surface area contributed by atoms with Crippen LogP contribution >= 0.6 is 0 Å². The molecule has 0 aliphatic carbocycles. The summed E-state index contributed by atoms with van der Waals surface area (Å²) in [7, 11) is 0. The molecule has 1 radical (unpaired) electrons. The van der Waals surface area contributed by atoms with Crippen molar-refractivity contribution in [2.24, 2.45) is 11.8 Å². The molecule has 0 unspecified atom stereocenters. The van der Waals surface area contributed by atoms with Crippen LogP contribution in [0.4, 0.5) is 0 Å². The lowest BCUT2D eigenvalue weighted by atomic mass is 9.93. The zero-order chi connectivity index (χ0) is 10.6. The van der Waals surface area contributed by atoms with Gasteiger partial charge in [0, 0.05) is 0 Å². The molecule has 1 heteroatoms. The van der Waals surface area contributed by atoms with Crippen molar-refractivity contribution in [1.29, 1.82) is 0 Å². The highest BCUT2D eigenvalue weighted by Crippen LogP contribution is 2.17. The molecule has 0 aromatic heterocycles. The number of hydrogen-bond acceptors (Lipinski definition) is 1. The molecule has 1 aromatic rings. The molecule has 0 saturated heterocycles. The van der Waals surface area contributed by atoms with E-state index >= 15 is 0 Å². The van der Waals surface area contributed by atoms with Gasteiger partial charge in [0.2, 0.25) is 0 Å². The molecule has 0 aliphatic rings. The average Bonchev–Trinajstić information content (AvgIpc) is 2.07. The van der Waals surface area contributed by atoms with Gasteiger partial charge in [0.05, 0.1) is 0 Å². The van der Waals surface area contributed by atoms with Crippen LogP contribution in [0.15, 0.2) is 24.3 Å². The summed E-state index contributed by atoms with van der Waals surface area (Å²) in [5, 5.41) is 9.13. The smallest absolute Gasteiger partial charge is 0.115 e. The van der Waals surface area contributed by atoms with E-state index in [4.69, 9.17) is 5.11 Å². The molecule has 0 saturated carbocycles. The molecule has 0 heterocycles. The topological polar surface area (TPSA) is 20.2 Å². The first-order chi connectivity index (χ1) is 6.58. The predicted octanol–water partition coefficient (Wildman–Crippen LogP) is 3.43. The molecule has 0 fully saturated rings. The first kappa shape index (κ1) is 11.1. The Morgan fingerprint density at radius 2 is 1.71 bits per heavy atom. The second-order valence-electron chi connectivity index (χ2n) is 4.28. The maximum atomic E-state index is 9.13. The normalized spacial score (nSPS) is 13.1. The van der Waals surface area contributed by atoms with Crippen LogP contribution in [-0.4, -0.2) is 5.11 Å². The second-order valence-corrected chi connectivity index (χ2v) is 4.28. The minimum atomic E-state index is 0.342. The molecule has 1 atom stereocenters.